The van der Waals surface area contributed by atoms with E-state index in [2.05, 4.69) is 11.6 Å². The lowest BCUT2D eigenvalue weighted by Gasteiger charge is -1.98. The molecule has 1 rings (SSSR count). The summed E-state index contributed by atoms with van der Waals surface area (Å²) >= 11 is 0. The average molecular weight is 152 g/mol. The molecule has 0 aliphatic heterocycles. The standard InChI is InChI=1S/C6H7NO2.CHN/c1-9-6-2-3-7-4-5(6)8;1-2/h2-4,8H,1H3;1H. The summed E-state index contributed by atoms with van der Waals surface area (Å²) in [6.07, 6.45) is 2.89. The predicted octanol–water partition coefficient (Wildman–Crippen LogP) is 0.936. The molecule has 0 bridgehead atoms. The number of nitriles is 1. The number of hydrogen-bond donors (Lipinski definition) is 1. The van der Waals surface area contributed by atoms with Gasteiger partial charge in [-0.3, -0.25) is 4.98 Å². The number of rotatable bonds is 1. The van der Waals surface area contributed by atoms with Crippen LogP contribution >= 0.6 is 0 Å². The van der Waals surface area contributed by atoms with Crippen LogP contribution in [-0.4, -0.2) is 17.2 Å². The van der Waals surface area contributed by atoms with Crippen LogP contribution in [0.25, 0.3) is 0 Å². The molecule has 0 aliphatic rings. The van der Waals surface area contributed by atoms with Crippen molar-refractivity contribution in [2.75, 3.05) is 7.11 Å². The van der Waals surface area contributed by atoms with Crippen LogP contribution in [0, 0.1) is 11.8 Å². The Balaban J connectivity index is 0.000000461. The zero-order valence-electron chi connectivity index (χ0n) is 6.06. The second-order valence-corrected chi connectivity index (χ2v) is 1.55. The summed E-state index contributed by atoms with van der Waals surface area (Å²) in [5, 5.41) is 15.4. The van der Waals surface area contributed by atoms with Crippen molar-refractivity contribution in [3.63, 3.8) is 0 Å². The van der Waals surface area contributed by atoms with E-state index >= 15 is 0 Å². The van der Waals surface area contributed by atoms with Crippen LogP contribution in [0.15, 0.2) is 18.5 Å². The summed E-state index contributed by atoms with van der Waals surface area (Å²) in [6, 6.07) is 1.59. The van der Waals surface area contributed by atoms with E-state index in [0.29, 0.717) is 5.75 Å². The molecular weight excluding hydrogens is 144 g/mol. The summed E-state index contributed by atoms with van der Waals surface area (Å²) in [5.74, 6) is 0.519. The fourth-order valence-electron chi connectivity index (χ4n) is 0.546. The molecule has 1 aromatic rings. The lowest BCUT2D eigenvalue weighted by molar-refractivity contribution is 0.372. The number of ether oxygens (including phenoxy) is 1. The van der Waals surface area contributed by atoms with Gasteiger partial charge in [-0.2, -0.15) is 0 Å². The highest BCUT2D eigenvalue weighted by atomic mass is 16.5. The maximum absolute atomic E-state index is 8.92. The van der Waals surface area contributed by atoms with E-state index < -0.39 is 0 Å². The molecule has 0 amide bonds. The van der Waals surface area contributed by atoms with Gasteiger partial charge in [-0.05, 0) is 0 Å². The van der Waals surface area contributed by atoms with Gasteiger partial charge in [-0.25, -0.2) is 5.26 Å². The van der Waals surface area contributed by atoms with Gasteiger partial charge in [-0.15, -0.1) is 0 Å². The molecule has 0 aromatic carbocycles. The van der Waals surface area contributed by atoms with Gasteiger partial charge >= 0.3 is 0 Å². The molecule has 0 atom stereocenters. The third kappa shape index (κ3) is 2.54. The highest BCUT2D eigenvalue weighted by molar-refractivity contribution is 5.34. The number of aromatic nitrogens is 1. The summed E-state index contributed by atoms with van der Waals surface area (Å²) in [6.45, 7) is 3.50. The first-order valence-corrected chi connectivity index (χ1v) is 2.77. The Morgan fingerprint density at radius 1 is 1.64 bits per heavy atom. The number of methoxy groups -OCH3 is 1. The van der Waals surface area contributed by atoms with E-state index in [1.165, 1.54) is 13.3 Å². The summed E-state index contributed by atoms with van der Waals surface area (Å²) < 4.78 is 4.75. The quantitative estimate of drug-likeness (QED) is 0.650. The Hall–Kier alpha value is -1.76. The van der Waals surface area contributed by atoms with Crippen molar-refractivity contribution in [1.29, 1.82) is 5.26 Å². The fourth-order valence-corrected chi connectivity index (χ4v) is 0.546. The third-order valence-electron chi connectivity index (χ3n) is 0.981. The maximum Gasteiger partial charge on any atom is 0.176 e. The number of pyridine rings is 1. The normalized spacial score (nSPS) is 7.55. The Morgan fingerprint density at radius 3 is 2.64 bits per heavy atom. The first kappa shape index (κ1) is 9.24. The second-order valence-electron chi connectivity index (χ2n) is 1.55. The molecule has 4 heteroatoms. The van der Waals surface area contributed by atoms with Crippen LogP contribution in [-0.2, 0) is 0 Å². The molecule has 0 saturated carbocycles. The fraction of sp³-hybridized carbons (Fsp3) is 0.143. The van der Waals surface area contributed by atoms with E-state index in [9.17, 15) is 0 Å². The minimum atomic E-state index is 0.0694. The number of hydrogen-bond acceptors (Lipinski definition) is 4. The maximum atomic E-state index is 8.92. The molecule has 0 spiro atoms. The Labute approximate surface area is 64.7 Å². The zero-order chi connectivity index (χ0) is 8.69. The topological polar surface area (TPSA) is 66.1 Å². The Morgan fingerprint density at radius 2 is 2.27 bits per heavy atom. The highest BCUT2D eigenvalue weighted by Gasteiger charge is 1.95. The van der Waals surface area contributed by atoms with Crippen molar-refractivity contribution in [2.45, 2.75) is 0 Å². The first-order chi connectivity index (χ1) is 5.34. The molecule has 1 heterocycles. The zero-order valence-corrected chi connectivity index (χ0v) is 6.06. The van der Waals surface area contributed by atoms with Gasteiger partial charge in [0.05, 0.1) is 13.3 Å². The summed E-state index contributed by atoms with van der Waals surface area (Å²) in [4.78, 5) is 3.66. The molecule has 0 saturated heterocycles. The average Bonchev–Trinajstić information content (AvgIpc) is 2.09. The van der Waals surface area contributed by atoms with Gasteiger partial charge in [0.15, 0.2) is 11.5 Å². The molecule has 11 heavy (non-hydrogen) atoms. The molecule has 1 N–H and O–H groups in total. The van der Waals surface area contributed by atoms with E-state index in [-0.39, 0.29) is 5.75 Å². The lowest BCUT2D eigenvalue weighted by atomic mass is 10.4. The molecule has 58 valence electrons. The highest BCUT2D eigenvalue weighted by Crippen LogP contribution is 2.21. The molecular formula is C7H8N2O2. The van der Waals surface area contributed by atoms with Crippen LogP contribution in [0.1, 0.15) is 0 Å². The van der Waals surface area contributed by atoms with Gasteiger partial charge < -0.3 is 9.84 Å². The number of nitrogens with zero attached hydrogens (tertiary/aromatic N) is 2. The first-order valence-electron chi connectivity index (χ1n) is 2.77. The van der Waals surface area contributed by atoms with Crippen LogP contribution in [0.3, 0.4) is 0 Å². The van der Waals surface area contributed by atoms with Crippen LogP contribution in [0.5, 0.6) is 11.5 Å². The van der Waals surface area contributed by atoms with Gasteiger partial charge in [0.25, 0.3) is 0 Å². The smallest absolute Gasteiger partial charge is 0.176 e. The van der Waals surface area contributed by atoms with Gasteiger partial charge in [0, 0.05) is 18.8 Å². The van der Waals surface area contributed by atoms with Gasteiger partial charge in [0.2, 0.25) is 0 Å². The molecule has 0 fully saturated rings. The minimum Gasteiger partial charge on any atom is -0.503 e. The molecule has 0 aliphatic carbocycles. The van der Waals surface area contributed by atoms with Crippen molar-refractivity contribution < 1.29 is 9.84 Å². The molecule has 1 aromatic heterocycles. The van der Waals surface area contributed by atoms with Crippen molar-refractivity contribution in [2.24, 2.45) is 0 Å². The van der Waals surface area contributed by atoms with Crippen molar-refractivity contribution in [1.82, 2.24) is 4.98 Å². The van der Waals surface area contributed by atoms with E-state index in [0.717, 1.165) is 0 Å². The van der Waals surface area contributed by atoms with Crippen LogP contribution in [0.4, 0.5) is 0 Å². The third-order valence-corrected chi connectivity index (χ3v) is 0.981. The van der Waals surface area contributed by atoms with E-state index in [1.807, 2.05) is 0 Å². The van der Waals surface area contributed by atoms with Crippen LogP contribution < -0.4 is 4.74 Å². The van der Waals surface area contributed by atoms with Crippen molar-refractivity contribution >= 4 is 0 Å². The summed E-state index contributed by atoms with van der Waals surface area (Å²) in [5.41, 5.74) is 0. The van der Waals surface area contributed by atoms with E-state index in [1.54, 1.807) is 12.3 Å². The van der Waals surface area contributed by atoms with Crippen LogP contribution in [0.2, 0.25) is 0 Å². The Bertz CT molecular complexity index is 235. The molecule has 0 unspecified atom stereocenters. The molecule has 0 radical (unpaired) electrons. The number of aromatic hydroxyl groups is 1. The SMILES string of the molecule is C#N.COc1ccncc1O. The second kappa shape index (κ2) is 5.06. The summed E-state index contributed by atoms with van der Waals surface area (Å²) in [7, 11) is 1.50. The monoisotopic (exact) mass is 152 g/mol. The Kier molecular flexibility index (Phi) is 4.25. The van der Waals surface area contributed by atoms with E-state index in [4.69, 9.17) is 15.1 Å². The van der Waals surface area contributed by atoms with Gasteiger partial charge in [0.1, 0.15) is 0 Å². The minimum absolute atomic E-state index is 0.0694. The van der Waals surface area contributed by atoms with Crippen molar-refractivity contribution in [3.05, 3.63) is 18.5 Å². The predicted molar refractivity (Wildman–Crippen MR) is 39.1 cm³/mol. The van der Waals surface area contributed by atoms with Crippen molar-refractivity contribution in [3.8, 4) is 18.1 Å². The largest absolute Gasteiger partial charge is 0.503 e. The lowest BCUT2D eigenvalue weighted by Crippen LogP contribution is -1.82. The van der Waals surface area contributed by atoms with Gasteiger partial charge in [-0.1, -0.05) is 0 Å². The molecule has 4 nitrogen and oxygen atoms in total.